The van der Waals surface area contributed by atoms with Gasteiger partial charge in [-0.1, -0.05) is 324 Å². The molecule has 0 aliphatic carbocycles. The first-order chi connectivity index (χ1) is 45.9. The molecule has 0 fully saturated rings. The van der Waals surface area contributed by atoms with Gasteiger partial charge in [0.1, 0.15) is 23.0 Å². The highest BCUT2D eigenvalue weighted by Crippen LogP contribution is 2.42. The predicted molar refractivity (Wildman–Crippen MR) is 409 cm³/mol. The molecule has 0 aliphatic rings. The Morgan fingerprint density at radius 2 is 0.532 bits per heavy atom. The second-order valence-corrected chi connectivity index (χ2v) is 27.8. The largest absolute Gasteiger partial charge is 0.493 e. The van der Waals surface area contributed by atoms with E-state index >= 15 is 0 Å². The smallest absolute Gasteiger partial charge is 0.203 e. The molecule has 4 atom stereocenters. The Labute approximate surface area is 576 Å². The maximum atomic E-state index is 6.89. The van der Waals surface area contributed by atoms with Gasteiger partial charge in [0, 0.05) is 27.9 Å². The van der Waals surface area contributed by atoms with Crippen LogP contribution in [-0.4, -0.2) is 46.2 Å². The fourth-order valence-electron chi connectivity index (χ4n) is 11.1. The number of unbranched alkanes of at least 4 members (excludes halogenated alkanes) is 27. The van der Waals surface area contributed by atoms with E-state index in [1.165, 1.54) is 154 Å². The fourth-order valence-corrected chi connectivity index (χ4v) is 11.1. The van der Waals surface area contributed by atoms with Crippen molar-refractivity contribution >= 4 is 42.1 Å². The standard InChI is InChI=1S/C86H137NO7/c1-12-19-22-25-28-31-34-37-40-43-56-88-84-59-74(60-85(89-57-44-41-38-35-32-29-26-23-20-13-2)86(84)90-58-45-42-39-36-33-30-27-24-21-14-3)47-51-76-62-83(94-68-72(11)18-7)78(64-81(76)92-66-70(9)16-5)53-52-77-63-80(91-65-69(8)15-4)75(61-82(77)93-67-71(10)17-6)50-46-73-48-54-79(87)55-49-73/h46-55,59-64,69-72H,12-45,56-58,65-68,87H2,1-11H3/b50-46+,51-47+,53-52+/t69-,70-,71-,72-/m0/s1. The van der Waals surface area contributed by atoms with Crippen molar-refractivity contribution in [2.75, 3.05) is 52.0 Å². The van der Waals surface area contributed by atoms with Gasteiger partial charge >= 0.3 is 0 Å². The highest BCUT2D eigenvalue weighted by Gasteiger charge is 2.19. The van der Waals surface area contributed by atoms with Gasteiger partial charge in [-0.2, -0.15) is 0 Å². The van der Waals surface area contributed by atoms with Crippen LogP contribution < -0.4 is 38.9 Å². The first-order valence-electron chi connectivity index (χ1n) is 38.8. The highest BCUT2D eigenvalue weighted by molar-refractivity contribution is 5.82. The minimum absolute atomic E-state index is 0.361. The molecule has 4 aromatic rings. The maximum absolute atomic E-state index is 6.89. The zero-order valence-corrected chi connectivity index (χ0v) is 62.0. The summed E-state index contributed by atoms with van der Waals surface area (Å²) in [6, 6.07) is 20.9. The zero-order valence-electron chi connectivity index (χ0n) is 62.0. The number of nitrogen functional groups attached to an aromatic ring is 1. The van der Waals surface area contributed by atoms with Crippen LogP contribution in [0.4, 0.5) is 5.69 Å². The Morgan fingerprint density at radius 3 is 0.819 bits per heavy atom. The van der Waals surface area contributed by atoms with Gasteiger partial charge in [-0.3, -0.25) is 0 Å². The Kier molecular flexibility index (Phi) is 44.5. The van der Waals surface area contributed by atoms with Crippen LogP contribution >= 0.6 is 0 Å². The van der Waals surface area contributed by atoms with Crippen molar-refractivity contribution in [1.29, 1.82) is 0 Å². The van der Waals surface area contributed by atoms with E-state index in [4.69, 9.17) is 38.9 Å². The molecule has 4 rings (SSSR count). The lowest BCUT2D eigenvalue weighted by Crippen LogP contribution is -2.10. The molecule has 528 valence electrons. The van der Waals surface area contributed by atoms with Gasteiger partial charge in [0.2, 0.25) is 5.75 Å². The first-order valence-corrected chi connectivity index (χ1v) is 38.8. The van der Waals surface area contributed by atoms with Gasteiger partial charge in [-0.15, -0.1) is 0 Å². The van der Waals surface area contributed by atoms with E-state index in [2.05, 4.69) is 149 Å². The lowest BCUT2D eigenvalue weighted by atomic mass is 10.0. The molecule has 8 nitrogen and oxygen atoms in total. The molecule has 0 saturated heterocycles. The summed E-state index contributed by atoms with van der Waals surface area (Å²) in [5.41, 5.74) is 12.6. The summed E-state index contributed by atoms with van der Waals surface area (Å²) in [5.74, 6) is 6.97. The van der Waals surface area contributed by atoms with E-state index < -0.39 is 0 Å². The Hall–Kier alpha value is -5.50. The van der Waals surface area contributed by atoms with E-state index in [9.17, 15) is 0 Å². The maximum Gasteiger partial charge on any atom is 0.203 e. The van der Waals surface area contributed by atoms with Gasteiger partial charge in [-0.05, 0) is 103 Å². The molecule has 0 amide bonds. The van der Waals surface area contributed by atoms with Gasteiger partial charge in [0.15, 0.2) is 11.5 Å². The highest BCUT2D eigenvalue weighted by atomic mass is 16.5. The second-order valence-electron chi connectivity index (χ2n) is 27.8. The van der Waals surface area contributed by atoms with E-state index in [1.54, 1.807) is 0 Å². The van der Waals surface area contributed by atoms with Crippen LogP contribution in [0.5, 0.6) is 40.2 Å². The Morgan fingerprint density at radius 1 is 0.277 bits per heavy atom. The minimum atomic E-state index is 0.361. The Balaban J connectivity index is 1.81. The van der Waals surface area contributed by atoms with Crippen LogP contribution in [0.2, 0.25) is 0 Å². The first kappa shape index (κ1) is 80.9. The van der Waals surface area contributed by atoms with Crippen LogP contribution in [0.25, 0.3) is 36.5 Å². The number of hydrogen-bond donors (Lipinski definition) is 1. The van der Waals surface area contributed by atoms with Crippen LogP contribution in [0.15, 0.2) is 60.7 Å². The molecule has 0 spiro atoms. The van der Waals surface area contributed by atoms with Gasteiger partial charge in [-0.25, -0.2) is 0 Å². The number of rotatable bonds is 58. The lowest BCUT2D eigenvalue weighted by Gasteiger charge is -2.19. The fraction of sp³-hybridized carbons (Fsp3) is 0.651. The third-order valence-corrected chi connectivity index (χ3v) is 18.8. The molecular weight excluding hydrogens is 1160 g/mol. The molecule has 0 heterocycles. The van der Waals surface area contributed by atoms with Crippen LogP contribution in [-0.2, 0) is 0 Å². The van der Waals surface area contributed by atoms with Crippen molar-refractivity contribution in [3.8, 4) is 40.2 Å². The lowest BCUT2D eigenvalue weighted by molar-refractivity contribution is 0.234. The molecular formula is C86H137NO7. The third kappa shape index (κ3) is 35.0. The summed E-state index contributed by atoms with van der Waals surface area (Å²) < 4.78 is 47.8. The third-order valence-electron chi connectivity index (χ3n) is 18.8. The summed E-state index contributed by atoms with van der Waals surface area (Å²) >= 11 is 0. The number of benzene rings is 4. The van der Waals surface area contributed by atoms with Crippen LogP contribution in [0, 0.1) is 23.7 Å². The average Bonchev–Trinajstić information content (AvgIpc) is 0.904. The van der Waals surface area contributed by atoms with Crippen molar-refractivity contribution in [3.63, 3.8) is 0 Å². The summed E-state index contributed by atoms with van der Waals surface area (Å²) in [7, 11) is 0. The van der Waals surface area contributed by atoms with E-state index in [0.29, 0.717) is 69.9 Å². The summed E-state index contributed by atoms with van der Waals surface area (Å²) in [6.07, 6.45) is 55.3. The topological polar surface area (TPSA) is 90.6 Å². The van der Waals surface area contributed by atoms with E-state index in [1.807, 2.05) is 24.3 Å². The average molecular weight is 1300 g/mol. The van der Waals surface area contributed by atoms with Crippen molar-refractivity contribution in [1.82, 2.24) is 0 Å². The van der Waals surface area contributed by atoms with Crippen molar-refractivity contribution in [3.05, 3.63) is 94.0 Å². The number of ether oxygens (including phenoxy) is 7. The quantitative estimate of drug-likeness (QED) is 0.0266. The summed E-state index contributed by atoms with van der Waals surface area (Å²) in [5, 5.41) is 0. The molecule has 0 unspecified atom stereocenters. The number of anilines is 1. The SMILES string of the molecule is CCCCCCCCCCCCOc1cc(/C=C/c2cc(OC[C@@H](C)CC)c(/C=C/c3cc(OC[C@@H](C)CC)c(/C=C/c4ccc(N)cc4)cc3OC[C@@H](C)CC)cc2OC[C@@H](C)CC)cc(OCCCCCCCCCCCC)c1OCCCCCCCCCCCC. The Bertz CT molecular complexity index is 2590. The summed E-state index contributed by atoms with van der Waals surface area (Å²) in [6.45, 7) is 29.0. The monoisotopic (exact) mass is 1300 g/mol. The van der Waals surface area contributed by atoms with Crippen LogP contribution in [0.1, 0.15) is 328 Å². The van der Waals surface area contributed by atoms with Gasteiger partial charge in [0.05, 0.1) is 46.2 Å². The van der Waals surface area contributed by atoms with E-state index in [-0.39, 0.29) is 0 Å². The molecule has 0 aliphatic heterocycles. The van der Waals surface area contributed by atoms with Gasteiger partial charge < -0.3 is 38.9 Å². The zero-order chi connectivity index (χ0) is 67.6. The van der Waals surface area contributed by atoms with Crippen molar-refractivity contribution in [2.45, 2.75) is 294 Å². The van der Waals surface area contributed by atoms with Crippen molar-refractivity contribution in [2.24, 2.45) is 23.7 Å². The molecule has 94 heavy (non-hydrogen) atoms. The molecule has 0 saturated carbocycles. The second kappa shape index (κ2) is 51.7. The molecule has 0 bridgehead atoms. The van der Waals surface area contributed by atoms with Crippen molar-refractivity contribution < 1.29 is 33.2 Å². The van der Waals surface area contributed by atoms with Crippen LogP contribution in [0.3, 0.4) is 0 Å². The minimum Gasteiger partial charge on any atom is -0.493 e. The normalized spacial score (nSPS) is 13.1. The van der Waals surface area contributed by atoms with E-state index in [0.717, 1.165) is 144 Å². The molecule has 8 heteroatoms. The number of nitrogens with two attached hydrogens (primary N) is 1. The molecule has 0 aromatic heterocycles. The molecule has 0 radical (unpaired) electrons. The number of hydrogen-bond acceptors (Lipinski definition) is 8. The summed E-state index contributed by atoms with van der Waals surface area (Å²) in [4.78, 5) is 0. The van der Waals surface area contributed by atoms with Gasteiger partial charge in [0.25, 0.3) is 0 Å². The molecule has 2 N–H and O–H groups in total. The molecule has 4 aromatic carbocycles. The predicted octanol–water partition coefficient (Wildman–Crippen LogP) is 26.4.